The van der Waals surface area contributed by atoms with Gasteiger partial charge in [0.1, 0.15) is 5.82 Å². The molecule has 0 saturated carbocycles. The number of hydrogen-bond acceptors (Lipinski definition) is 5. The number of guanidine groups is 1. The highest BCUT2D eigenvalue weighted by Crippen LogP contribution is 2.38. The molecule has 2 heterocycles. The van der Waals surface area contributed by atoms with Crippen molar-refractivity contribution in [1.82, 2.24) is 14.8 Å². The fourth-order valence-electron chi connectivity index (χ4n) is 3.02. The van der Waals surface area contributed by atoms with Gasteiger partial charge in [-0.05, 0) is 40.8 Å². The van der Waals surface area contributed by atoms with Crippen molar-refractivity contribution in [2.75, 3.05) is 33.2 Å². The number of allylic oxidation sites excluding steroid dienone is 1. The molecule has 5 nitrogen and oxygen atoms in total. The molecule has 1 fully saturated rings. The second-order valence-corrected chi connectivity index (χ2v) is 7.41. The van der Waals surface area contributed by atoms with Crippen LogP contribution in [0.5, 0.6) is 0 Å². The Kier molecular flexibility index (Phi) is 7.39. The lowest BCUT2D eigenvalue weighted by Crippen LogP contribution is -2.52. The Morgan fingerprint density at radius 3 is 2.44 bits per heavy atom. The van der Waals surface area contributed by atoms with Gasteiger partial charge in [-0.3, -0.25) is 0 Å². The maximum atomic E-state index is 13.9. The lowest BCUT2D eigenvalue weighted by molar-refractivity contribution is 0.186. The van der Waals surface area contributed by atoms with Crippen molar-refractivity contribution in [3.05, 3.63) is 41.2 Å². The van der Waals surface area contributed by atoms with Gasteiger partial charge in [-0.1, -0.05) is 17.7 Å². The van der Waals surface area contributed by atoms with E-state index >= 15 is 0 Å². The molecule has 27 heavy (non-hydrogen) atoms. The third-order valence-electron chi connectivity index (χ3n) is 4.41. The van der Waals surface area contributed by atoms with Crippen molar-refractivity contribution in [2.45, 2.75) is 33.7 Å². The zero-order valence-corrected chi connectivity index (χ0v) is 17.6. The lowest BCUT2D eigenvalue weighted by Gasteiger charge is -2.41. The Labute approximate surface area is 166 Å². The van der Waals surface area contributed by atoms with E-state index in [0.717, 1.165) is 43.4 Å². The van der Waals surface area contributed by atoms with Gasteiger partial charge in [0.2, 0.25) is 5.96 Å². The fourth-order valence-corrected chi connectivity index (χ4v) is 3.19. The minimum Gasteiger partial charge on any atom is -0.338 e. The molecule has 2 aliphatic rings. The highest BCUT2D eigenvalue weighted by Gasteiger charge is 2.32. The monoisotopic (exact) mass is 393 g/mol. The summed E-state index contributed by atoms with van der Waals surface area (Å²) in [5.74, 6) is 0.346. The minimum absolute atomic E-state index is 0.0554. The van der Waals surface area contributed by atoms with Gasteiger partial charge in [-0.2, -0.15) is 5.10 Å². The number of aliphatic imine (C=N–C) groups is 1. The molecule has 1 atom stereocenters. The zero-order valence-electron chi connectivity index (χ0n) is 16.8. The summed E-state index contributed by atoms with van der Waals surface area (Å²) in [6, 6.07) is 3.03. The summed E-state index contributed by atoms with van der Waals surface area (Å²) >= 11 is 5.97. The molecule has 2 aliphatic heterocycles. The summed E-state index contributed by atoms with van der Waals surface area (Å²) in [6.07, 6.45) is 1.75. The van der Waals surface area contributed by atoms with E-state index in [2.05, 4.69) is 28.5 Å². The van der Waals surface area contributed by atoms with Crippen LogP contribution in [0.25, 0.3) is 0 Å². The van der Waals surface area contributed by atoms with E-state index in [1.165, 1.54) is 6.07 Å². The van der Waals surface area contributed by atoms with Crippen molar-refractivity contribution in [1.29, 1.82) is 0 Å². The Balaban J connectivity index is 0.000000817. The van der Waals surface area contributed by atoms with E-state index in [0.29, 0.717) is 5.69 Å². The Morgan fingerprint density at radius 2 is 1.89 bits per heavy atom. The molecule has 1 unspecified atom stereocenters. The number of hydrogen-bond donors (Lipinski definition) is 0. The molecule has 0 N–H and O–H groups in total. The molecular formula is C20H29ClFN5. The lowest BCUT2D eigenvalue weighted by atomic mass is 10.0. The number of halogens is 2. The van der Waals surface area contributed by atoms with Crippen molar-refractivity contribution in [3.8, 4) is 0 Å². The van der Waals surface area contributed by atoms with E-state index < -0.39 is 5.82 Å². The Hall–Kier alpha value is -1.92. The molecule has 148 valence electrons. The molecule has 1 aromatic carbocycles. The number of fused-ring (bicyclic) bond motifs is 1. The SMILES string of the molecule is C=CC.CC(C)=NN1C(N2CCN(C)CC2)=Nc2cc(F)c(Cl)cc2C1C. The predicted molar refractivity (Wildman–Crippen MR) is 112 cm³/mol. The number of likely N-dealkylation sites (N-methyl/N-ethyl adjacent to an activating group) is 1. The van der Waals surface area contributed by atoms with Gasteiger partial charge in [0, 0.05) is 43.5 Å². The van der Waals surface area contributed by atoms with Crippen LogP contribution in [0.1, 0.15) is 39.3 Å². The zero-order chi connectivity index (χ0) is 20.1. The van der Waals surface area contributed by atoms with Gasteiger partial charge in [0.15, 0.2) is 0 Å². The molecule has 0 amide bonds. The number of hydrazone groups is 1. The molecule has 1 saturated heterocycles. The summed E-state index contributed by atoms with van der Waals surface area (Å²) in [5.41, 5.74) is 2.48. The highest BCUT2D eigenvalue weighted by molar-refractivity contribution is 6.30. The van der Waals surface area contributed by atoms with Gasteiger partial charge in [-0.25, -0.2) is 14.4 Å². The first kappa shape index (κ1) is 21.4. The van der Waals surface area contributed by atoms with Gasteiger partial charge in [0.25, 0.3) is 0 Å². The van der Waals surface area contributed by atoms with Crippen LogP contribution in [0, 0.1) is 5.82 Å². The molecule has 0 radical (unpaired) electrons. The first-order valence-electron chi connectivity index (χ1n) is 9.17. The molecule has 0 bridgehead atoms. The summed E-state index contributed by atoms with van der Waals surface area (Å²) in [7, 11) is 2.11. The van der Waals surface area contributed by atoms with Gasteiger partial charge in [-0.15, -0.1) is 6.58 Å². The minimum atomic E-state index is -0.437. The summed E-state index contributed by atoms with van der Waals surface area (Å²) < 4.78 is 13.9. The van der Waals surface area contributed by atoms with E-state index in [-0.39, 0.29) is 11.1 Å². The summed E-state index contributed by atoms with van der Waals surface area (Å²) in [5, 5.41) is 6.72. The van der Waals surface area contributed by atoms with Crippen molar-refractivity contribution < 1.29 is 4.39 Å². The third-order valence-corrected chi connectivity index (χ3v) is 4.70. The molecule has 0 aliphatic carbocycles. The van der Waals surface area contributed by atoms with Crippen LogP contribution in [0.3, 0.4) is 0 Å². The topological polar surface area (TPSA) is 34.4 Å². The number of benzene rings is 1. The summed E-state index contributed by atoms with van der Waals surface area (Å²) in [6.45, 7) is 14.9. The molecule has 0 aromatic heterocycles. The van der Waals surface area contributed by atoms with E-state index in [9.17, 15) is 4.39 Å². The van der Waals surface area contributed by atoms with Crippen molar-refractivity contribution in [2.24, 2.45) is 10.1 Å². The van der Waals surface area contributed by atoms with E-state index in [1.807, 2.05) is 32.7 Å². The normalized spacial score (nSPS) is 19.5. The van der Waals surface area contributed by atoms with Crippen LogP contribution < -0.4 is 0 Å². The quantitative estimate of drug-likeness (QED) is 0.513. The van der Waals surface area contributed by atoms with Crippen molar-refractivity contribution >= 4 is 29.0 Å². The van der Waals surface area contributed by atoms with Crippen molar-refractivity contribution in [3.63, 3.8) is 0 Å². The average molecular weight is 394 g/mol. The second-order valence-electron chi connectivity index (χ2n) is 7.00. The largest absolute Gasteiger partial charge is 0.338 e. The molecule has 7 heteroatoms. The number of rotatable bonds is 1. The van der Waals surface area contributed by atoms with Crippen LogP contribution in [-0.4, -0.2) is 59.7 Å². The van der Waals surface area contributed by atoms with Crippen LogP contribution in [-0.2, 0) is 0 Å². The molecule has 1 aromatic rings. The Morgan fingerprint density at radius 1 is 1.30 bits per heavy atom. The summed E-state index contributed by atoms with van der Waals surface area (Å²) in [4.78, 5) is 9.23. The van der Waals surface area contributed by atoms with Crippen LogP contribution in [0.2, 0.25) is 5.02 Å². The maximum absolute atomic E-state index is 13.9. The Bertz CT molecular complexity index is 734. The van der Waals surface area contributed by atoms with Crippen LogP contribution >= 0.6 is 11.6 Å². The fraction of sp³-hybridized carbons (Fsp3) is 0.500. The standard InChI is InChI=1S/C17H23ClFN5.C3H6/c1-11(2)21-24-12(3)13-9-14(18)15(19)10-16(13)20-17(24)23-7-5-22(4)6-8-23;1-3-2/h9-10,12H,5-8H2,1-4H3;3H,1H2,2H3. The molecule has 0 spiro atoms. The average Bonchev–Trinajstić information content (AvgIpc) is 2.60. The van der Waals surface area contributed by atoms with E-state index in [1.54, 1.807) is 12.1 Å². The van der Waals surface area contributed by atoms with Gasteiger partial charge < -0.3 is 9.80 Å². The van der Waals surface area contributed by atoms with Gasteiger partial charge >= 0.3 is 0 Å². The second kappa shape index (κ2) is 9.33. The number of piperazine rings is 1. The highest BCUT2D eigenvalue weighted by atomic mass is 35.5. The first-order valence-corrected chi connectivity index (χ1v) is 9.55. The van der Waals surface area contributed by atoms with Crippen LogP contribution in [0.4, 0.5) is 10.1 Å². The van der Waals surface area contributed by atoms with Gasteiger partial charge in [0.05, 0.1) is 16.8 Å². The number of nitrogens with zero attached hydrogens (tertiary/aromatic N) is 5. The molecule has 3 rings (SSSR count). The first-order chi connectivity index (χ1) is 12.8. The third kappa shape index (κ3) is 5.08. The maximum Gasteiger partial charge on any atom is 0.223 e. The smallest absolute Gasteiger partial charge is 0.223 e. The molecular weight excluding hydrogens is 365 g/mol. The predicted octanol–water partition coefficient (Wildman–Crippen LogP) is 4.68. The van der Waals surface area contributed by atoms with E-state index in [4.69, 9.17) is 16.6 Å². The van der Waals surface area contributed by atoms with Crippen LogP contribution in [0.15, 0.2) is 34.9 Å².